The topological polar surface area (TPSA) is 71.1 Å². The van der Waals surface area contributed by atoms with Gasteiger partial charge in [-0.15, -0.1) is 0 Å². The van der Waals surface area contributed by atoms with Crippen molar-refractivity contribution in [1.29, 1.82) is 0 Å². The number of rotatable bonds is 20. The van der Waals surface area contributed by atoms with Crippen molar-refractivity contribution in [3.63, 3.8) is 0 Å². The normalized spacial score (nSPS) is 10.2. The largest absolute Gasteiger partial charge is 0.493 e. The van der Waals surface area contributed by atoms with Gasteiger partial charge in [0.1, 0.15) is 11.5 Å². The third-order valence-corrected chi connectivity index (χ3v) is 8.22. The van der Waals surface area contributed by atoms with E-state index < -0.39 is 0 Å². The molecule has 6 heteroatoms. The molecule has 0 aliphatic rings. The van der Waals surface area contributed by atoms with Crippen molar-refractivity contribution >= 4 is 11.9 Å². The molecule has 0 radical (unpaired) electrons. The number of ether oxygens (including phenoxy) is 4. The maximum Gasteiger partial charge on any atom is 0.330 e. The van der Waals surface area contributed by atoms with Crippen LogP contribution in [0.4, 0.5) is 0 Å². The number of aryl methyl sites for hydroxylation is 3. The molecule has 0 spiro atoms. The highest BCUT2D eigenvalue weighted by Crippen LogP contribution is 2.23. The minimum Gasteiger partial charge on any atom is -0.493 e. The zero-order valence-electron chi connectivity index (χ0n) is 30.6. The van der Waals surface area contributed by atoms with Gasteiger partial charge in [0.05, 0.1) is 26.4 Å². The standard InChI is InChI=1S/C45H52O6/c1-6-39-33-37(22-26-42(39)48-28-14-10-12-16-30-50-44(46)8-3)19-18-36-20-24-41(35(5)32-36)25-21-38-23-27-43(40(7-2)34-38)49-29-15-11-13-17-31-51-45(47)9-4/h8-9,20,22-24,26-27,32-34H,3-4,6-7,10-17,28-31H2,1-2,5H3. The molecule has 0 aliphatic carbocycles. The highest BCUT2D eigenvalue weighted by molar-refractivity contribution is 5.81. The Kier molecular flexibility index (Phi) is 18.3. The minimum absolute atomic E-state index is 0.368. The lowest BCUT2D eigenvalue weighted by molar-refractivity contribution is -0.138. The first-order valence-electron chi connectivity index (χ1n) is 18.1. The van der Waals surface area contributed by atoms with Crippen molar-refractivity contribution in [3.05, 3.63) is 119 Å². The molecule has 0 aromatic heterocycles. The molecule has 6 nitrogen and oxygen atoms in total. The van der Waals surface area contributed by atoms with Gasteiger partial charge in [-0.25, -0.2) is 9.59 Å². The van der Waals surface area contributed by atoms with Gasteiger partial charge < -0.3 is 18.9 Å². The van der Waals surface area contributed by atoms with E-state index in [1.165, 1.54) is 12.2 Å². The van der Waals surface area contributed by atoms with E-state index in [1.807, 2.05) is 36.4 Å². The number of carbonyl (C=O) groups excluding carboxylic acids is 2. The molecule has 0 N–H and O–H groups in total. The van der Waals surface area contributed by atoms with Crippen LogP contribution in [0.5, 0.6) is 11.5 Å². The Labute approximate surface area is 305 Å². The monoisotopic (exact) mass is 688 g/mol. The molecular formula is C45H52O6. The van der Waals surface area contributed by atoms with Gasteiger partial charge in [0.2, 0.25) is 0 Å². The molecule has 0 bridgehead atoms. The molecule has 0 heterocycles. The smallest absolute Gasteiger partial charge is 0.330 e. The molecule has 0 atom stereocenters. The minimum atomic E-state index is -0.368. The molecule has 0 fully saturated rings. The van der Waals surface area contributed by atoms with Gasteiger partial charge in [0.15, 0.2) is 0 Å². The van der Waals surface area contributed by atoms with E-state index in [9.17, 15) is 9.59 Å². The second-order valence-electron chi connectivity index (χ2n) is 12.2. The van der Waals surface area contributed by atoms with E-state index in [0.717, 1.165) is 115 Å². The van der Waals surface area contributed by atoms with Crippen molar-refractivity contribution in [1.82, 2.24) is 0 Å². The first kappa shape index (κ1) is 40.2. The molecule has 0 unspecified atom stereocenters. The van der Waals surface area contributed by atoms with Gasteiger partial charge in [0, 0.05) is 34.4 Å². The van der Waals surface area contributed by atoms with Gasteiger partial charge in [-0.1, -0.05) is 50.7 Å². The number of carbonyl (C=O) groups is 2. The second-order valence-corrected chi connectivity index (χ2v) is 12.2. The van der Waals surface area contributed by atoms with Crippen LogP contribution in [0.3, 0.4) is 0 Å². The molecular weight excluding hydrogens is 636 g/mol. The van der Waals surface area contributed by atoms with Crippen molar-refractivity contribution < 1.29 is 28.5 Å². The van der Waals surface area contributed by atoms with E-state index in [4.69, 9.17) is 18.9 Å². The van der Waals surface area contributed by atoms with Crippen LogP contribution in [0.15, 0.2) is 79.9 Å². The molecule has 268 valence electrons. The van der Waals surface area contributed by atoms with E-state index >= 15 is 0 Å². The van der Waals surface area contributed by atoms with Crippen LogP contribution in [0, 0.1) is 30.6 Å². The Morgan fingerprint density at radius 3 is 1.41 bits per heavy atom. The summed E-state index contributed by atoms with van der Waals surface area (Å²) in [5, 5.41) is 0. The predicted molar refractivity (Wildman–Crippen MR) is 205 cm³/mol. The summed E-state index contributed by atoms with van der Waals surface area (Å²) in [6.45, 7) is 15.3. The van der Waals surface area contributed by atoms with Crippen molar-refractivity contribution in [3.8, 4) is 35.2 Å². The molecule has 3 rings (SSSR count). The fourth-order valence-electron chi connectivity index (χ4n) is 5.26. The Bertz CT molecular complexity index is 1730. The van der Waals surface area contributed by atoms with Crippen LogP contribution in [-0.4, -0.2) is 38.4 Å². The van der Waals surface area contributed by atoms with Gasteiger partial charge in [0.25, 0.3) is 0 Å². The van der Waals surface area contributed by atoms with E-state index in [2.05, 4.69) is 75.8 Å². The van der Waals surface area contributed by atoms with E-state index in [0.29, 0.717) is 26.4 Å². The van der Waals surface area contributed by atoms with Gasteiger partial charge in [-0.05, 0) is 142 Å². The maximum atomic E-state index is 11.1. The highest BCUT2D eigenvalue weighted by Gasteiger charge is 2.06. The average Bonchev–Trinajstić information content (AvgIpc) is 3.15. The van der Waals surface area contributed by atoms with E-state index in [1.54, 1.807) is 0 Å². The quantitative estimate of drug-likeness (QED) is 0.0510. The first-order chi connectivity index (χ1) is 24.9. The second kappa shape index (κ2) is 23.2. The Hall–Kier alpha value is -5.20. The summed E-state index contributed by atoms with van der Waals surface area (Å²) >= 11 is 0. The van der Waals surface area contributed by atoms with Gasteiger partial charge in [-0.2, -0.15) is 0 Å². The summed E-state index contributed by atoms with van der Waals surface area (Å²) in [6.07, 6.45) is 11.7. The van der Waals surface area contributed by atoms with Crippen LogP contribution >= 0.6 is 0 Å². The molecule has 3 aromatic rings. The number of unbranched alkanes of at least 4 members (excludes halogenated alkanes) is 6. The number of benzene rings is 3. The van der Waals surface area contributed by atoms with E-state index in [-0.39, 0.29) is 11.9 Å². The Morgan fingerprint density at radius 2 is 0.980 bits per heavy atom. The number of hydrogen-bond donors (Lipinski definition) is 0. The van der Waals surface area contributed by atoms with Crippen LogP contribution in [0.1, 0.15) is 104 Å². The summed E-state index contributed by atoms with van der Waals surface area (Å²) in [6, 6.07) is 18.4. The summed E-state index contributed by atoms with van der Waals surface area (Å²) in [4.78, 5) is 22.2. The SMILES string of the molecule is C=CC(=O)OCCCCCCOc1ccc(C#Cc2ccc(C#Cc3ccc(OCCCCCCOC(=O)C=C)c(CC)c3)c(C)c2)cc1CC. The van der Waals surface area contributed by atoms with Crippen LogP contribution in [-0.2, 0) is 31.9 Å². The fraction of sp³-hybridized carbons (Fsp3) is 0.378. The molecule has 0 aliphatic heterocycles. The molecule has 3 aromatic carbocycles. The maximum absolute atomic E-state index is 11.1. The summed E-state index contributed by atoms with van der Waals surface area (Å²) in [5.41, 5.74) is 7.20. The Balaban J connectivity index is 1.49. The fourth-order valence-corrected chi connectivity index (χ4v) is 5.26. The summed E-state index contributed by atoms with van der Waals surface area (Å²) in [7, 11) is 0. The van der Waals surface area contributed by atoms with Crippen molar-refractivity contribution in [2.24, 2.45) is 0 Å². The van der Waals surface area contributed by atoms with Gasteiger partial charge in [-0.3, -0.25) is 0 Å². The predicted octanol–water partition coefficient (Wildman–Crippen LogP) is 9.26. The highest BCUT2D eigenvalue weighted by atomic mass is 16.5. The van der Waals surface area contributed by atoms with Crippen LogP contribution in [0.25, 0.3) is 0 Å². The molecule has 0 amide bonds. The average molecular weight is 689 g/mol. The van der Waals surface area contributed by atoms with Crippen molar-refractivity contribution in [2.45, 2.75) is 85.0 Å². The lowest BCUT2D eigenvalue weighted by Gasteiger charge is -2.11. The van der Waals surface area contributed by atoms with Crippen molar-refractivity contribution in [2.75, 3.05) is 26.4 Å². The number of esters is 2. The van der Waals surface area contributed by atoms with Gasteiger partial charge >= 0.3 is 11.9 Å². The summed E-state index contributed by atoms with van der Waals surface area (Å²) < 4.78 is 22.2. The molecule has 0 saturated heterocycles. The molecule has 51 heavy (non-hydrogen) atoms. The number of hydrogen-bond acceptors (Lipinski definition) is 6. The zero-order valence-corrected chi connectivity index (χ0v) is 30.6. The summed E-state index contributed by atoms with van der Waals surface area (Å²) in [5.74, 6) is 14.4. The third kappa shape index (κ3) is 15.1. The van der Waals surface area contributed by atoms with Crippen LogP contribution in [0.2, 0.25) is 0 Å². The Morgan fingerprint density at radius 1 is 0.569 bits per heavy atom. The first-order valence-corrected chi connectivity index (χ1v) is 18.1. The lowest BCUT2D eigenvalue weighted by atomic mass is 10.0. The van der Waals surface area contributed by atoms with Crippen LogP contribution < -0.4 is 9.47 Å². The zero-order chi connectivity index (χ0) is 36.7. The molecule has 0 saturated carbocycles. The lowest BCUT2D eigenvalue weighted by Crippen LogP contribution is -2.03. The third-order valence-electron chi connectivity index (χ3n) is 8.22.